The van der Waals surface area contributed by atoms with E-state index in [1.165, 1.54) is 16.4 Å². The van der Waals surface area contributed by atoms with Gasteiger partial charge in [-0.1, -0.05) is 12.1 Å². The summed E-state index contributed by atoms with van der Waals surface area (Å²) in [5.74, 6) is 0.688. The van der Waals surface area contributed by atoms with Crippen molar-refractivity contribution in [3.8, 4) is 0 Å². The maximum atomic E-state index is 13.0. The van der Waals surface area contributed by atoms with Crippen LogP contribution in [-0.2, 0) is 16.6 Å². The van der Waals surface area contributed by atoms with Crippen molar-refractivity contribution >= 4 is 40.0 Å². The van der Waals surface area contributed by atoms with E-state index < -0.39 is 10.0 Å². The fourth-order valence-electron chi connectivity index (χ4n) is 2.62. The molecule has 9 heteroatoms. The van der Waals surface area contributed by atoms with Gasteiger partial charge in [-0.25, -0.2) is 17.1 Å². The van der Waals surface area contributed by atoms with Crippen molar-refractivity contribution in [3.05, 3.63) is 35.6 Å². The summed E-state index contributed by atoms with van der Waals surface area (Å²) < 4.78 is 38.1. The normalized spacial score (nSPS) is 17.2. The van der Waals surface area contributed by atoms with Crippen molar-refractivity contribution < 1.29 is 12.8 Å². The molecule has 2 rings (SSSR count). The smallest absolute Gasteiger partial charge is 0.214 e. The Balaban J connectivity index is 0.00000312. The quantitative estimate of drug-likeness (QED) is 0.381. The van der Waals surface area contributed by atoms with Crippen LogP contribution in [0.3, 0.4) is 0 Å². The van der Waals surface area contributed by atoms with E-state index in [9.17, 15) is 12.8 Å². The first kappa shape index (κ1) is 22.1. The molecule has 1 fully saturated rings. The summed E-state index contributed by atoms with van der Waals surface area (Å²) in [6.07, 6.45) is 0.691. The molecule has 1 N–H and O–H groups in total. The standard InChI is InChI=1S/C16H25FN4O2S.HI/c1-3-18-16(19-9-11-21-10-4-12-24(21,22)23)20(2)13-14-5-7-15(17)8-6-14;/h5-8H,3-4,9-13H2,1-2H3,(H,18,19);1H. The zero-order valence-corrected chi connectivity index (χ0v) is 17.8. The average Bonchev–Trinajstić information content (AvgIpc) is 2.87. The number of sulfonamides is 1. The van der Waals surface area contributed by atoms with Crippen LogP contribution >= 0.6 is 24.0 Å². The highest BCUT2D eigenvalue weighted by molar-refractivity contribution is 14.0. The monoisotopic (exact) mass is 484 g/mol. The van der Waals surface area contributed by atoms with Gasteiger partial charge in [0.2, 0.25) is 10.0 Å². The lowest BCUT2D eigenvalue weighted by atomic mass is 10.2. The third-order valence-electron chi connectivity index (χ3n) is 3.84. The molecule has 0 unspecified atom stereocenters. The SMILES string of the molecule is CCNC(=NCCN1CCCS1(=O)=O)N(C)Cc1ccc(F)cc1.I. The molecular weight excluding hydrogens is 458 g/mol. The van der Waals surface area contributed by atoms with Crippen molar-refractivity contribution in [2.75, 3.05) is 39.0 Å². The number of rotatable bonds is 6. The molecule has 1 heterocycles. The Morgan fingerprint density at radius 1 is 1.36 bits per heavy atom. The molecule has 1 aromatic rings. The largest absolute Gasteiger partial charge is 0.357 e. The van der Waals surface area contributed by atoms with Crippen molar-refractivity contribution in [3.63, 3.8) is 0 Å². The molecule has 0 amide bonds. The molecule has 0 aromatic heterocycles. The van der Waals surface area contributed by atoms with Crippen molar-refractivity contribution in [1.82, 2.24) is 14.5 Å². The number of benzene rings is 1. The molecule has 0 aliphatic carbocycles. The molecule has 1 aliphatic heterocycles. The predicted molar refractivity (Wildman–Crippen MR) is 109 cm³/mol. The summed E-state index contributed by atoms with van der Waals surface area (Å²) in [6, 6.07) is 6.36. The Labute approximate surface area is 166 Å². The zero-order valence-electron chi connectivity index (χ0n) is 14.6. The number of hydrogen-bond acceptors (Lipinski definition) is 3. The fourth-order valence-corrected chi connectivity index (χ4v) is 4.14. The topological polar surface area (TPSA) is 65.0 Å². The summed E-state index contributed by atoms with van der Waals surface area (Å²) in [4.78, 5) is 6.45. The first-order chi connectivity index (χ1) is 11.4. The van der Waals surface area contributed by atoms with Gasteiger partial charge in [0.05, 0.1) is 12.3 Å². The number of aliphatic imine (C=N–C) groups is 1. The lowest BCUT2D eigenvalue weighted by molar-refractivity contribution is 0.445. The average molecular weight is 484 g/mol. The van der Waals surface area contributed by atoms with Gasteiger partial charge >= 0.3 is 0 Å². The van der Waals surface area contributed by atoms with Crippen molar-refractivity contribution in [2.24, 2.45) is 4.99 Å². The van der Waals surface area contributed by atoms with Gasteiger partial charge in [-0.15, -0.1) is 24.0 Å². The molecule has 1 aromatic carbocycles. The van der Waals surface area contributed by atoms with Crippen LogP contribution in [0.4, 0.5) is 4.39 Å². The Morgan fingerprint density at radius 2 is 2.04 bits per heavy atom. The highest BCUT2D eigenvalue weighted by Gasteiger charge is 2.27. The third-order valence-corrected chi connectivity index (χ3v) is 5.80. The van der Waals surface area contributed by atoms with Crippen LogP contribution < -0.4 is 5.32 Å². The second-order valence-electron chi connectivity index (χ2n) is 5.79. The third kappa shape index (κ3) is 6.70. The molecule has 1 saturated heterocycles. The molecule has 0 radical (unpaired) electrons. The van der Waals surface area contributed by atoms with Crippen LogP contribution in [0.15, 0.2) is 29.3 Å². The molecule has 1 aliphatic rings. The second kappa shape index (κ2) is 10.3. The molecule has 0 spiro atoms. The van der Waals surface area contributed by atoms with E-state index in [1.807, 2.05) is 18.9 Å². The minimum Gasteiger partial charge on any atom is -0.357 e. The molecule has 142 valence electrons. The van der Waals surface area contributed by atoms with E-state index in [-0.39, 0.29) is 35.5 Å². The molecule has 0 bridgehead atoms. The maximum absolute atomic E-state index is 13.0. The predicted octanol–water partition coefficient (Wildman–Crippen LogP) is 1.88. The first-order valence-electron chi connectivity index (χ1n) is 8.14. The summed E-state index contributed by atoms with van der Waals surface area (Å²) in [5, 5.41) is 3.19. The minimum atomic E-state index is -3.08. The number of hydrogen-bond donors (Lipinski definition) is 1. The summed E-state index contributed by atoms with van der Waals surface area (Å²) in [7, 11) is -1.18. The minimum absolute atomic E-state index is 0. The molecule has 0 atom stereocenters. The van der Waals surface area contributed by atoms with Crippen LogP contribution in [-0.4, -0.2) is 62.6 Å². The van der Waals surface area contributed by atoms with E-state index in [0.29, 0.717) is 45.1 Å². The highest BCUT2D eigenvalue weighted by Crippen LogP contribution is 2.12. The van der Waals surface area contributed by atoms with Gasteiger partial charge < -0.3 is 10.2 Å². The van der Waals surface area contributed by atoms with E-state index in [0.717, 1.165) is 5.56 Å². The van der Waals surface area contributed by atoms with Crippen LogP contribution in [0.25, 0.3) is 0 Å². The molecule has 6 nitrogen and oxygen atoms in total. The van der Waals surface area contributed by atoms with Crippen LogP contribution in [0.5, 0.6) is 0 Å². The molecule has 25 heavy (non-hydrogen) atoms. The number of guanidine groups is 1. The van der Waals surface area contributed by atoms with Gasteiger partial charge in [0.15, 0.2) is 5.96 Å². The Hall–Kier alpha value is -0.940. The Bertz CT molecular complexity index is 667. The number of nitrogens with one attached hydrogen (secondary N) is 1. The molecular formula is C16H26FIN4O2S. The Morgan fingerprint density at radius 3 is 2.60 bits per heavy atom. The van der Waals surface area contributed by atoms with Gasteiger partial charge in [-0.05, 0) is 31.0 Å². The van der Waals surface area contributed by atoms with Crippen molar-refractivity contribution in [1.29, 1.82) is 0 Å². The van der Waals surface area contributed by atoms with Crippen LogP contribution in [0, 0.1) is 5.82 Å². The fraction of sp³-hybridized carbons (Fsp3) is 0.562. The van der Waals surface area contributed by atoms with Crippen LogP contribution in [0.2, 0.25) is 0 Å². The number of halogens is 2. The Kier molecular flexibility index (Phi) is 9.08. The van der Waals surface area contributed by atoms with Gasteiger partial charge in [-0.2, -0.15) is 0 Å². The first-order valence-corrected chi connectivity index (χ1v) is 9.75. The van der Waals surface area contributed by atoms with Gasteiger partial charge in [-0.3, -0.25) is 4.99 Å². The maximum Gasteiger partial charge on any atom is 0.214 e. The molecule has 0 saturated carbocycles. The summed E-state index contributed by atoms with van der Waals surface area (Å²) in [5.41, 5.74) is 0.978. The number of nitrogens with zero attached hydrogens (tertiary/aromatic N) is 3. The lowest BCUT2D eigenvalue weighted by Crippen LogP contribution is -2.39. The van der Waals surface area contributed by atoms with E-state index in [1.54, 1.807) is 12.1 Å². The zero-order chi connectivity index (χ0) is 17.6. The second-order valence-corrected chi connectivity index (χ2v) is 7.88. The van der Waals surface area contributed by atoms with Gasteiger partial charge in [0, 0.05) is 33.2 Å². The van der Waals surface area contributed by atoms with E-state index in [2.05, 4.69) is 10.3 Å². The van der Waals surface area contributed by atoms with E-state index >= 15 is 0 Å². The van der Waals surface area contributed by atoms with Gasteiger partial charge in [0.1, 0.15) is 5.82 Å². The van der Waals surface area contributed by atoms with Crippen molar-refractivity contribution in [2.45, 2.75) is 19.9 Å². The van der Waals surface area contributed by atoms with Crippen LogP contribution in [0.1, 0.15) is 18.9 Å². The van der Waals surface area contributed by atoms with Gasteiger partial charge in [0.25, 0.3) is 0 Å². The summed E-state index contributed by atoms with van der Waals surface area (Å²) >= 11 is 0. The lowest BCUT2D eigenvalue weighted by Gasteiger charge is -2.22. The summed E-state index contributed by atoms with van der Waals surface area (Å²) in [6.45, 7) is 4.69. The highest BCUT2D eigenvalue weighted by atomic mass is 127. The van der Waals surface area contributed by atoms with E-state index in [4.69, 9.17) is 0 Å².